The lowest BCUT2D eigenvalue weighted by Gasteiger charge is -2.19. The molecule has 0 saturated carbocycles. The van der Waals surface area contributed by atoms with Gasteiger partial charge in [0.1, 0.15) is 17.7 Å². The van der Waals surface area contributed by atoms with E-state index in [4.69, 9.17) is 11.6 Å². The normalized spacial score (nSPS) is 11.8. The first-order valence-corrected chi connectivity index (χ1v) is 12.1. The first kappa shape index (κ1) is 25.1. The average Bonchev–Trinajstić information content (AvgIpc) is 3.33. The third kappa shape index (κ3) is 5.40. The summed E-state index contributed by atoms with van der Waals surface area (Å²) in [7, 11) is 0. The Kier molecular flexibility index (Phi) is 7.15. The van der Waals surface area contributed by atoms with E-state index in [0.717, 1.165) is 16.5 Å². The Morgan fingerprint density at radius 3 is 2.42 bits per heavy atom. The first-order chi connectivity index (χ1) is 18.4. The number of amides is 2. The van der Waals surface area contributed by atoms with Crippen molar-refractivity contribution in [1.82, 2.24) is 15.3 Å². The minimum atomic E-state index is -1.01. The van der Waals surface area contributed by atoms with Crippen LogP contribution in [0.15, 0.2) is 91.4 Å². The van der Waals surface area contributed by atoms with Crippen LogP contribution < -0.4 is 10.6 Å². The number of halogens is 3. The lowest BCUT2D eigenvalue weighted by Crippen LogP contribution is -2.45. The van der Waals surface area contributed by atoms with Crippen LogP contribution in [0.4, 0.5) is 14.5 Å². The van der Waals surface area contributed by atoms with Crippen molar-refractivity contribution in [3.63, 3.8) is 0 Å². The number of hydrogen-bond donors (Lipinski definition) is 3. The molecule has 5 aromatic rings. The Balaban J connectivity index is 1.40. The third-order valence-corrected chi connectivity index (χ3v) is 6.42. The molecular weight excluding hydrogens is 510 g/mol. The molecule has 1 atom stereocenters. The number of nitrogens with one attached hydrogen (secondary N) is 3. The molecule has 2 amide bonds. The summed E-state index contributed by atoms with van der Waals surface area (Å²) >= 11 is 5.85. The number of fused-ring (bicyclic) bond motifs is 1. The highest BCUT2D eigenvalue weighted by atomic mass is 35.5. The van der Waals surface area contributed by atoms with Crippen LogP contribution in [0.3, 0.4) is 0 Å². The summed E-state index contributed by atoms with van der Waals surface area (Å²) in [5.41, 5.74) is 2.91. The molecule has 0 radical (unpaired) electrons. The maximum absolute atomic E-state index is 15.1. The van der Waals surface area contributed by atoms with E-state index in [1.54, 1.807) is 18.3 Å². The van der Waals surface area contributed by atoms with Gasteiger partial charge in [0.25, 0.3) is 5.91 Å². The lowest BCUT2D eigenvalue weighted by molar-refractivity contribution is -0.118. The van der Waals surface area contributed by atoms with E-state index in [1.165, 1.54) is 48.8 Å². The molecule has 2 heterocycles. The highest BCUT2D eigenvalue weighted by Crippen LogP contribution is 2.27. The van der Waals surface area contributed by atoms with Crippen LogP contribution >= 0.6 is 11.6 Å². The highest BCUT2D eigenvalue weighted by molar-refractivity contribution is 6.31. The molecule has 2 aromatic heterocycles. The molecule has 5 rings (SSSR count). The fourth-order valence-corrected chi connectivity index (χ4v) is 4.37. The molecule has 3 aromatic carbocycles. The van der Waals surface area contributed by atoms with E-state index in [0.29, 0.717) is 16.8 Å². The van der Waals surface area contributed by atoms with Crippen molar-refractivity contribution >= 4 is 40.0 Å². The molecule has 0 spiro atoms. The van der Waals surface area contributed by atoms with E-state index in [1.807, 2.05) is 24.3 Å². The Labute approximate surface area is 221 Å². The van der Waals surface area contributed by atoms with Gasteiger partial charge in [-0.3, -0.25) is 14.6 Å². The van der Waals surface area contributed by atoms with Gasteiger partial charge in [0.05, 0.1) is 10.6 Å². The maximum atomic E-state index is 15.1. The predicted molar refractivity (Wildman–Crippen MR) is 143 cm³/mol. The van der Waals surface area contributed by atoms with Gasteiger partial charge in [-0.15, -0.1) is 0 Å². The number of pyridine rings is 1. The van der Waals surface area contributed by atoms with Gasteiger partial charge in [-0.2, -0.15) is 0 Å². The SMILES string of the molecule is O=C(N[C@H](Cc1c[nH]c2ccccc12)C(=O)Nc1ccncc1)c1ccc(-c2ccc(F)c(Cl)c2)cc1F. The Hall–Kier alpha value is -4.56. The monoisotopic (exact) mass is 530 g/mol. The minimum Gasteiger partial charge on any atom is -0.361 e. The third-order valence-electron chi connectivity index (χ3n) is 6.14. The largest absolute Gasteiger partial charge is 0.361 e. The molecule has 0 fully saturated rings. The van der Waals surface area contributed by atoms with Gasteiger partial charge in [0, 0.05) is 41.6 Å². The summed E-state index contributed by atoms with van der Waals surface area (Å²) in [6, 6.07) is 17.9. The van der Waals surface area contributed by atoms with Gasteiger partial charge < -0.3 is 15.6 Å². The molecule has 3 N–H and O–H groups in total. The van der Waals surface area contributed by atoms with Crippen molar-refractivity contribution in [1.29, 1.82) is 0 Å². The van der Waals surface area contributed by atoms with Crippen molar-refractivity contribution in [3.05, 3.63) is 119 Å². The van der Waals surface area contributed by atoms with E-state index in [2.05, 4.69) is 20.6 Å². The van der Waals surface area contributed by atoms with Gasteiger partial charge in [0.2, 0.25) is 5.91 Å². The second-order valence-electron chi connectivity index (χ2n) is 8.64. The summed E-state index contributed by atoms with van der Waals surface area (Å²) in [5.74, 6) is -2.59. The van der Waals surface area contributed by atoms with Gasteiger partial charge in [-0.25, -0.2) is 8.78 Å². The smallest absolute Gasteiger partial charge is 0.254 e. The molecule has 6 nitrogen and oxygen atoms in total. The molecule has 0 aliphatic heterocycles. The standard InChI is InChI=1S/C29H21ClF2N4O2/c30-23-13-17(6-8-24(23)31)18-5-7-22(25(32)14-18)28(37)36-27(29(38)35-20-9-11-33-12-10-20)15-19-16-34-26-4-2-1-3-21(19)26/h1-14,16,27,34H,15H2,(H,36,37)(H,33,35,38)/t27-/m1/s1. The van der Waals surface area contributed by atoms with Crippen LogP contribution in [0.25, 0.3) is 22.0 Å². The summed E-state index contributed by atoms with van der Waals surface area (Å²) in [6.45, 7) is 0. The van der Waals surface area contributed by atoms with Gasteiger partial charge >= 0.3 is 0 Å². The van der Waals surface area contributed by atoms with Crippen LogP contribution in [-0.2, 0) is 11.2 Å². The van der Waals surface area contributed by atoms with Crippen molar-refractivity contribution in [3.8, 4) is 11.1 Å². The molecule has 0 saturated heterocycles. The maximum Gasteiger partial charge on any atom is 0.254 e. The van der Waals surface area contributed by atoms with E-state index >= 15 is 4.39 Å². The Morgan fingerprint density at radius 2 is 1.66 bits per heavy atom. The molecule has 0 unspecified atom stereocenters. The van der Waals surface area contributed by atoms with E-state index in [-0.39, 0.29) is 17.0 Å². The molecule has 190 valence electrons. The Bertz CT molecular complexity index is 1640. The molecule has 38 heavy (non-hydrogen) atoms. The number of H-pyrrole nitrogens is 1. The van der Waals surface area contributed by atoms with Gasteiger partial charge in [-0.1, -0.05) is 41.9 Å². The number of carbonyl (C=O) groups excluding carboxylic acids is 2. The minimum absolute atomic E-state index is 0.0925. The summed E-state index contributed by atoms with van der Waals surface area (Å²) in [5, 5.41) is 6.28. The van der Waals surface area contributed by atoms with Gasteiger partial charge in [0.15, 0.2) is 0 Å². The Morgan fingerprint density at radius 1 is 0.921 bits per heavy atom. The number of para-hydroxylation sites is 1. The predicted octanol–water partition coefficient (Wildman–Crippen LogP) is 6.14. The summed E-state index contributed by atoms with van der Waals surface area (Å²) in [6.07, 6.45) is 5.02. The van der Waals surface area contributed by atoms with Crippen LogP contribution in [-0.4, -0.2) is 27.8 Å². The zero-order valence-corrected chi connectivity index (χ0v) is 20.6. The molecular formula is C29H21ClF2N4O2. The molecule has 0 bridgehead atoms. The number of hydrogen-bond acceptors (Lipinski definition) is 3. The number of carbonyl (C=O) groups is 2. The van der Waals surface area contributed by atoms with Gasteiger partial charge in [-0.05, 0) is 59.2 Å². The number of aromatic amines is 1. The zero-order chi connectivity index (χ0) is 26.6. The second-order valence-corrected chi connectivity index (χ2v) is 9.05. The van der Waals surface area contributed by atoms with Crippen molar-refractivity contribution in [2.45, 2.75) is 12.5 Å². The number of nitrogens with zero attached hydrogens (tertiary/aromatic N) is 1. The van der Waals surface area contributed by atoms with Crippen molar-refractivity contribution in [2.24, 2.45) is 0 Å². The van der Waals surface area contributed by atoms with Crippen molar-refractivity contribution < 1.29 is 18.4 Å². The molecule has 0 aliphatic rings. The van der Waals surface area contributed by atoms with Crippen LogP contribution in [0.5, 0.6) is 0 Å². The quantitative estimate of drug-likeness (QED) is 0.236. The highest BCUT2D eigenvalue weighted by Gasteiger charge is 2.25. The number of anilines is 1. The zero-order valence-electron chi connectivity index (χ0n) is 19.8. The van der Waals surface area contributed by atoms with Crippen molar-refractivity contribution in [2.75, 3.05) is 5.32 Å². The van der Waals surface area contributed by atoms with E-state index in [9.17, 15) is 14.0 Å². The van der Waals surface area contributed by atoms with Crippen LogP contribution in [0.2, 0.25) is 5.02 Å². The van der Waals surface area contributed by atoms with Crippen LogP contribution in [0, 0.1) is 11.6 Å². The summed E-state index contributed by atoms with van der Waals surface area (Å²) < 4.78 is 28.6. The lowest BCUT2D eigenvalue weighted by atomic mass is 10.0. The molecule has 0 aliphatic carbocycles. The molecule has 9 heteroatoms. The van der Waals surface area contributed by atoms with E-state index < -0.39 is 29.5 Å². The second kappa shape index (κ2) is 10.8. The number of rotatable bonds is 7. The number of benzene rings is 3. The fraction of sp³-hybridized carbons (Fsp3) is 0.0690. The van der Waals surface area contributed by atoms with Crippen LogP contribution in [0.1, 0.15) is 15.9 Å². The first-order valence-electron chi connectivity index (χ1n) is 11.7. The number of aromatic nitrogens is 2. The topological polar surface area (TPSA) is 86.9 Å². The summed E-state index contributed by atoms with van der Waals surface area (Å²) in [4.78, 5) is 33.5. The fourth-order valence-electron chi connectivity index (χ4n) is 4.18. The average molecular weight is 531 g/mol.